The summed E-state index contributed by atoms with van der Waals surface area (Å²) in [6, 6.07) is 15.7. The predicted molar refractivity (Wildman–Crippen MR) is 105 cm³/mol. The smallest absolute Gasteiger partial charge is 0.338 e. The molecule has 0 aliphatic carbocycles. The Labute approximate surface area is 173 Å². The largest absolute Gasteiger partial charge is 0.491 e. The fourth-order valence-corrected chi connectivity index (χ4v) is 3.11. The van der Waals surface area contributed by atoms with E-state index in [1.54, 1.807) is 24.3 Å². The summed E-state index contributed by atoms with van der Waals surface area (Å²) in [7, 11) is -3.71. The van der Waals surface area contributed by atoms with E-state index in [2.05, 4.69) is 15.4 Å². The lowest BCUT2D eigenvalue weighted by Gasteiger charge is -2.16. The minimum absolute atomic E-state index is 0.0387. The maximum atomic E-state index is 12.2. The molecular formula is C19H20N4O6S. The third-order valence-electron chi connectivity index (χ3n) is 3.81. The van der Waals surface area contributed by atoms with Crippen LogP contribution in [-0.2, 0) is 32.2 Å². The number of aromatic nitrogens is 4. The molecule has 0 aliphatic rings. The molecule has 30 heavy (non-hydrogen) atoms. The molecule has 0 spiro atoms. The highest BCUT2D eigenvalue weighted by atomic mass is 32.2. The molecule has 158 valence electrons. The number of carbonyl (C=O) groups excluding carboxylic acids is 1. The first-order chi connectivity index (χ1) is 14.4. The Morgan fingerprint density at radius 3 is 2.47 bits per heavy atom. The number of benzene rings is 2. The van der Waals surface area contributed by atoms with Gasteiger partial charge in [-0.25, -0.2) is 4.79 Å². The monoisotopic (exact) mass is 432 g/mol. The zero-order valence-electron chi connectivity index (χ0n) is 16.1. The van der Waals surface area contributed by atoms with Crippen LogP contribution in [0.3, 0.4) is 0 Å². The van der Waals surface area contributed by atoms with E-state index in [0.717, 1.165) is 11.8 Å². The summed E-state index contributed by atoms with van der Waals surface area (Å²) < 4.78 is 38.8. The van der Waals surface area contributed by atoms with Crippen molar-refractivity contribution in [3.05, 3.63) is 72.1 Å². The van der Waals surface area contributed by atoms with Crippen LogP contribution in [0.2, 0.25) is 0 Å². The quantitative estimate of drug-likeness (QED) is 0.346. The Balaban J connectivity index is 1.54. The van der Waals surface area contributed by atoms with Crippen molar-refractivity contribution >= 4 is 16.1 Å². The van der Waals surface area contributed by atoms with Gasteiger partial charge < -0.3 is 9.47 Å². The number of ether oxygens (including phenoxy) is 2. The van der Waals surface area contributed by atoms with Gasteiger partial charge in [0, 0.05) is 0 Å². The van der Waals surface area contributed by atoms with E-state index >= 15 is 0 Å². The minimum atomic E-state index is -3.71. The van der Waals surface area contributed by atoms with Crippen molar-refractivity contribution in [1.82, 2.24) is 20.2 Å². The Hall–Kier alpha value is -3.31. The Bertz CT molecular complexity index is 1040. The lowest BCUT2D eigenvalue weighted by molar-refractivity contribution is 0.0472. The Morgan fingerprint density at radius 2 is 1.83 bits per heavy atom. The zero-order valence-corrected chi connectivity index (χ0v) is 16.9. The third-order valence-corrected chi connectivity index (χ3v) is 4.43. The van der Waals surface area contributed by atoms with Crippen molar-refractivity contribution in [2.75, 3.05) is 12.9 Å². The normalized spacial score (nSPS) is 12.3. The molecule has 2 aromatic carbocycles. The van der Waals surface area contributed by atoms with Gasteiger partial charge in [0.25, 0.3) is 10.1 Å². The Morgan fingerprint density at radius 1 is 1.10 bits per heavy atom. The molecule has 1 aromatic heterocycles. The first-order valence-corrected chi connectivity index (χ1v) is 10.7. The van der Waals surface area contributed by atoms with Gasteiger partial charge in [-0.1, -0.05) is 30.3 Å². The highest BCUT2D eigenvalue weighted by Crippen LogP contribution is 2.15. The summed E-state index contributed by atoms with van der Waals surface area (Å²) in [6.07, 6.45) is 1.32. The molecule has 3 rings (SSSR count). The molecule has 0 bridgehead atoms. The van der Waals surface area contributed by atoms with Crippen LogP contribution < -0.4 is 4.74 Å². The summed E-state index contributed by atoms with van der Waals surface area (Å²) in [5.41, 5.74) is 1.26. The number of tetrazole rings is 1. The summed E-state index contributed by atoms with van der Waals surface area (Å²) >= 11 is 0. The van der Waals surface area contributed by atoms with Crippen molar-refractivity contribution in [2.45, 2.75) is 19.3 Å². The molecule has 0 unspecified atom stereocenters. The number of nitrogens with zero attached hydrogens (tertiary/aromatic N) is 4. The van der Waals surface area contributed by atoms with Gasteiger partial charge in [0.1, 0.15) is 25.1 Å². The van der Waals surface area contributed by atoms with Gasteiger partial charge in [-0.2, -0.15) is 13.2 Å². The number of rotatable bonds is 10. The average Bonchev–Trinajstić information content (AvgIpc) is 3.23. The van der Waals surface area contributed by atoms with Crippen LogP contribution in [-0.4, -0.2) is 53.6 Å². The van der Waals surface area contributed by atoms with Gasteiger partial charge in [-0.05, 0) is 35.0 Å². The van der Waals surface area contributed by atoms with Crippen molar-refractivity contribution in [1.29, 1.82) is 0 Å². The fraction of sp³-hybridized carbons (Fsp3) is 0.263. The van der Waals surface area contributed by atoms with Crippen molar-refractivity contribution in [3.8, 4) is 5.75 Å². The van der Waals surface area contributed by atoms with Crippen LogP contribution in [0.25, 0.3) is 0 Å². The highest BCUT2D eigenvalue weighted by molar-refractivity contribution is 7.86. The molecule has 3 aromatic rings. The molecule has 0 aliphatic heterocycles. The lowest BCUT2D eigenvalue weighted by Crippen LogP contribution is -2.30. The van der Waals surface area contributed by atoms with E-state index < -0.39 is 22.2 Å². The number of carbonyl (C=O) groups is 1. The maximum absolute atomic E-state index is 12.2. The summed E-state index contributed by atoms with van der Waals surface area (Å²) in [5.74, 6) is -0.0239. The van der Waals surface area contributed by atoms with E-state index in [1.165, 1.54) is 11.1 Å². The van der Waals surface area contributed by atoms with Gasteiger partial charge in [-0.3, -0.25) is 4.18 Å². The second-order valence-electron chi connectivity index (χ2n) is 6.31. The van der Waals surface area contributed by atoms with E-state index in [1.807, 2.05) is 30.3 Å². The average molecular weight is 432 g/mol. The first kappa shape index (κ1) is 21.4. The minimum Gasteiger partial charge on any atom is -0.491 e. The van der Waals surface area contributed by atoms with Gasteiger partial charge >= 0.3 is 5.97 Å². The molecule has 0 amide bonds. The summed E-state index contributed by atoms with van der Waals surface area (Å²) in [5, 5.41) is 11.1. The van der Waals surface area contributed by atoms with Gasteiger partial charge in [0.15, 0.2) is 6.33 Å². The lowest BCUT2D eigenvalue weighted by atomic mass is 10.2. The second kappa shape index (κ2) is 9.94. The van der Waals surface area contributed by atoms with Gasteiger partial charge in [0.2, 0.25) is 0 Å². The summed E-state index contributed by atoms with van der Waals surface area (Å²) in [6.45, 7) is 0.141. The van der Waals surface area contributed by atoms with Crippen LogP contribution >= 0.6 is 0 Å². The topological polar surface area (TPSA) is 123 Å². The molecule has 11 heteroatoms. The van der Waals surface area contributed by atoms with E-state index in [0.29, 0.717) is 11.3 Å². The van der Waals surface area contributed by atoms with Crippen LogP contribution in [0.4, 0.5) is 0 Å². The van der Waals surface area contributed by atoms with E-state index in [-0.39, 0.29) is 19.8 Å². The fourth-order valence-electron chi connectivity index (χ4n) is 2.50. The van der Waals surface area contributed by atoms with Gasteiger partial charge in [-0.15, -0.1) is 10.2 Å². The molecule has 0 saturated heterocycles. The number of hydrogen-bond acceptors (Lipinski definition) is 9. The van der Waals surface area contributed by atoms with Crippen LogP contribution in [0, 0.1) is 0 Å². The molecule has 1 atom stereocenters. The van der Waals surface area contributed by atoms with Crippen LogP contribution in [0.15, 0.2) is 60.9 Å². The van der Waals surface area contributed by atoms with Crippen molar-refractivity contribution < 1.29 is 26.9 Å². The maximum Gasteiger partial charge on any atom is 0.338 e. The molecule has 1 heterocycles. The van der Waals surface area contributed by atoms with E-state index in [9.17, 15) is 13.2 Å². The molecule has 0 saturated carbocycles. The second-order valence-corrected chi connectivity index (χ2v) is 7.91. The first-order valence-electron chi connectivity index (χ1n) is 8.92. The van der Waals surface area contributed by atoms with Crippen molar-refractivity contribution in [3.63, 3.8) is 0 Å². The molecular weight excluding hydrogens is 412 g/mol. The molecule has 0 fully saturated rings. The Kier molecular flexibility index (Phi) is 7.09. The predicted octanol–water partition coefficient (Wildman–Crippen LogP) is 1.45. The zero-order chi connectivity index (χ0) is 21.4. The highest BCUT2D eigenvalue weighted by Gasteiger charge is 2.19. The van der Waals surface area contributed by atoms with E-state index in [4.69, 9.17) is 13.7 Å². The molecule has 0 radical (unpaired) electrons. The van der Waals surface area contributed by atoms with Gasteiger partial charge in [0.05, 0.1) is 18.4 Å². The summed E-state index contributed by atoms with van der Waals surface area (Å²) in [4.78, 5) is 13.4. The van der Waals surface area contributed by atoms with Crippen molar-refractivity contribution in [2.24, 2.45) is 0 Å². The van der Waals surface area contributed by atoms with Crippen LogP contribution in [0.1, 0.15) is 15.9 Å². The van der Waals surface area contributed by atoms with Crippen LogP contribution in [0.5, 0.6) is 5.75 Å². The third kappa shape index (κ3) is 6.94. The standard InChI is InChI=1S/C19H20N4O6S/c1-30(25,26)29-18(11-23-21-14-20-22-23)13-27-17-9-7-16(8-10-17)19(24)28-12-15-5-3-2-4-6-15/h2-10,14,18H,11-13H2,1H3/t18-/m0/s1. The molecule has 10 nitrogen and oxygen atoms in total. The number of hydrogen-bond donors (Lipinski definition) is 0. The SMILES string of the molecule is CS(=O)(=O)O[C@H](COc1ccc(C(=O)OCc2ccccc2)cc1)Cn1ncnn1. The number of esters is 1. The molecule has 0 N–H and O–H groups in total.